The van der Waals surface area contributed by atoms with Crippen molar-refractivity contribution in [3.63, 3.8) is 0 Å². The van der Waals surface area contributed by atoms with E-state index in [2.05, 4.69) is 20.9 Å². The number of nitrogens with one attached hydrogen (secondary N) is 3. The maximum atomic E-state index is 13.5. The molecule has 0 bridgehead atoms. The van der Waals surface area contributed by atoms with Crippen molar-refractivity contribution in [1.29, 1.82) is 0 Å². The van der Waals surface area contributed by atoms with Crippen LogP contribution in [-0.4, -0.2) is 51.8 Å². The van der Waals surface area contributed by atoms with Crippen LogP contribution in [0.25, 0.3) is 0 Å². The molecule has 0 aliphatic rings. The lowest BCUT2D eigenvalue weighted by Crippen LogP contribution is -2.42. The van der Waals surface area contributed by atoms with Gasteiger partial charge in [0.05, 0.1) is 0 Å². The molecular formula is C17H27FN4O2. The zero-order valence-electron chi connectivity index (χ0n) is 14.6. The summed E-state index contributed by atoms with van der Waals surface area (Å²) < 4.78 is 18.7. The number of hydrogen-bond acceptors (Lipinski definition) is 3. The van der Waals surface area contributed by atoms with Crippen molar-refractivity contribution in [1.82, 2.24) is 16.0 Å². The minimum Gasteiger partial charge on any atom is -0.382 e. The molecule has 0 saturated heterocycles. The van der Waals surface area contributed by atoms with Crippen LogP contribution in [-0.2, 0) is 4.74 Å². The van der Waals surface area contributed by atoms with Gasteiger partial charge in [0.25, 0.3) is 5.91 Å². The van der Waals surface area contributed by atoms with Gasteiger partial charge in [0.2, 0.25) is 0 Å². The van der Waals surface area contributed by atoms with Gasteiger partial charge in [-0.1, -0.05) is 6.07 Å². The van der Waals surface area contributed by atoms with E-state index in [1.54, 1.807) is 26.1 Å². The van der Waals surface area contributed by atoms with Crippen molar-refractivity contribution in [2.45, 2.75) is 20.3 Å². The topological polar surface area (TPSA) is 74.8 Å². The van der Waals surface area contributed by atoms with Crippen molar-refractivity contribution >= 4 is 11.9 Å². The normalized spacial score (nSPS) is 11.2. The van der Waals surface area contributed by atoms with E-state index in [9.17, 15) is 9.18 Å². The van der Waals surface area contributed by atoms with E-state index in [1.165, 1.54) is 6.07 Å². The number of amides is 1. The highest BCUT2D eigenvalue weighted by Crippen LogP contribution is 2.08. The van der Waals surface area contributed by atoms with E-state index in [-0.39, 0.29) is 11.7 Å². The lowest BCUT2D eigenvalue weighted by molar-refractivity contribution is 0.0954. The van der Waals surface area contributed by atoms with E-state index < -0.39 is 0 Å². The summed E-state index contributed by atoms with van der Waals surface area (Å²) in [5, 5.41) is 8.99. The van der Waals surface area contributed by atoms with Crippen molar-refractivity contribution in [3.8, 4) is 0 Å². The number of guanidine groups is 1. The zero-order valence-corrected chi connectivity index (χ0v) is 14.6. The molecule has 1 amide bonds. The van der Waals surface area contributed by atoms with Crippen molar-refractivity contribution in [2.75, 3.05) is 39.9 Å². The van der Waals surface area contributed by atoms with Crippen molar-refractivity contribution in [2.24, 2.45) is 4.99 Å². The van der Waals surface area contributed by atoms with Crippen LogP contribution in [0.3, 0.4) is 0 Å². The van der Waals surface area contributed by atoms with Crippen LogP contribution in [0.15, 0.2) is 23.2 Å². The van der Waals surface area contributed by atoms with Gasteiger partial charge in [0, 0.05) is 45.5 Å². The third-order valence-electron chi connectivity index (χ3n) is 3.32. The second kappa shape index (κ2) is 11.4. The van der Waals surface area contributed by atoms with E-state index in [1.807, 2.05) is 6.92 Å². The lowest BCUT2D eigenvalue weighted by atomic mass is 10.1. The number of benzene rings is 1. The first-order valence-electron chi connectivity index (χ1n) is 8.15. The number of rotatable bonds is 9. The minimum absolute atomic E-state index is 0.296. The summed E-state index contributed by atoms with van der Waals surface area (Å²) in [4.78, 5) is 16.0. The van der Waals surface area contributed by atoms with Crippen LogP contribution in [0, 0.1) is 12.7 Å². The maximum absolute atomic E-state index is 13.5. The number of aryl methyl sites for hydroxylation is 1. The molecule has 0 radical (unpaired) electrons. The number of carbonyl (C=O) groups is 1. The highest BCUT2D eigenvalue weighted by Gasteiger charge is 2.07. The lowest BCUT2D eigenvalue weighted by Gasteiger charge is -2.12. The smallest absolute Gasteiger partial charge is 0.251 e. The van der Waals surface area contributed by atoms with Gasteiger partial charge in [0.1, 0.15) is 5.82 Å². The van der Waals surface area contributed by atoms with E-state index in [4.69, 9.17) is 4.74 Å². The molecule has 7 heteroatoms. The van der Waals surface area contributed by atoms with E-state index in [0.717, 1.165) is 19.6 Å². The molecule has 134 valence electrons. The highest BCUT2D eigenvalue weighted by molar-refractivity contribution is 5.94. The first-order valence-corrected chi connectivity index (χ1v) is 8.15. The highest BCUT2D eigenvalue weighted by atomic mass is 19.1. The van der Waals surface area contributed by atoms with Crippen LogP contribution < -0.4 is 16.0 Å². The Morgan fingerprint density at radius 1 is 1.21 bits per heavy atom. The number of carbonyl (C=O) groups excluding carboxylic acids is 1. The van der Waals surface area contributed by atoms with Crippen LogP contribution in [0.1, 0.15) is 29.3 Å². The van der Waals surface area contributed by atoms with Gasteiger partial charge >= 0.3 is 0 Å². The van der Waals surface area contributed by atoms with Gasteiger partial charge in [-0.15, -0.1) is 0 Å². The summed E-state index contributed by atoms with van der Waals surface area (Å²) in [7, 11) is 1.69. The summed E-state index contributed by atoms with van der Waals surface area (Å²) in [5.74, 6) is -0.00470. The second-order valence-electron chi connectivity index (χ2n) is 5.20. The molecule has 24 heavy (non-hydrogen) atoms. The predicted octanol–water partition coefficient (Wildman–Crippen LogP) is 1.46. The standard InChI is InChI=1S/C17H27FN4O2/c1-4-24-11-5-8-21-17(19-3)22-10-9-20-16(23)14-7-6-13(2)15(18)12-14/h6-7,12H,4-5,8-11H2,1-3H3,(H,20,23)(H2,19,21,22). The molecule has 0 atom stereocenters. The van der Waals surface area contributed by atoms with Gasteiger partial charge in [0.15, 0.2) is 5.96 Å². The molecule has 0 fully saturated rings. The molecule has 0 aromatic heterocycles. The quantitative estimate of drug-likeness (QED) is 0.362. The Labute approximate surface area is 142 Å². The molecular weight excluding hydrogens is 311 g/mol. The number of ether oxygens (including phenoxy) is 1. The van der Waals surface area contributed by atoms with Gasteiger partial charge in [-0.2, -0.15) is 0 Å². The molecule has 0 heterocycles. The summed E-state index contributed by atoms with van der Waals surface area (Å²) in [5.41, 5.74) is 0.837. The molecule has 0 aliphatic carbocycles. The number of nitrogens with zero attached hydrogens (tertiary/aromatic N) is 1. The summed E-state index contributed by atoms with van der Waals surface area (Å²) in [6, 6.07) is 4.45. The minimum atomic E-state index is -0.377. The summed E-state index contributed by atoms with van der Waals surface area (Å²) >= 11 is 0. The number of aliphatic imine (C=N–C) groups is 1. The third-order valence-corrected chi connectivity index (χ3v) is 3.32. The first kappa shape index (κ1) is 19.9. The maximum Gasteiger partial charge on any atom is 0.251 e. The fourth-order valence-electron chi connectivity index (χ4n) is 1.94. The average Bonchev–Trinajstić information content (AvgIpc) is 2.58. The monoisotopic (exact) mass is 338 g/mol. The Morgan fingerprint density at radius 3 is 2.58 bits per heavy atom. The SMILES string of the molecule is CCOCCCNC(=NC)NCCNC(=O)c1ccc(C)c(F)c1. The Balaban J connectivity index is 2.23. The van der Waals surface area contributed by atoms with Crippen LogP contribution >= 0.6 is 0 Å². The molecule has 1 aromatic rings. The van der Waals surface area contributed by atoms with Gasteiger partial charge in [-0.05, 0) is 38.0 Å². The largest absolute Gasteiger partial charge is 0.382 e. The van der Waals surface area contributed by atoms with Crippen LogP contribution in [0.4, 0.5) is 4.39 Å². The molecule has 0 saturated carbocycles. The molecule has 0 spiro atoms. The Bertz CT molecular complexity index is 549. The molecule has 0 aliphatic heterocycles. The second-order valence-corrected chi connectivity index (χ2v) is 5.20. The Hall–Kier alpha value is -2.15. The third kappa shape index (κ3) is 7.41. The van der Waals surface area contributed by atoms with Gasteiger partial charge in [-0.3, -0.25) is 9.79 Å². The van der Waals surface area contributed by atoms with E-state index >= 15 is 0 Å². The average molecular weight is 338 g/mol. The molecule has 3 N–H and O–H groups in total. The van der Waals surface area contributed by atoms with Crippen molar-refractivity contribution < 1.29 is 13.9 Å². The molecule has 1 aromatic carbocycles. The summed E-state index contributed by atoms with van der Waals surface area (Å²) in [6.45, 7) is 6.75. The molecule has 1 rings (SSSR count). The fourth-order valence-corrected chi connectivity index (χ4v) is 1.94. The summed E-state index contributed by atoms with van der Waals surface area (Å²) in [6.07, 6.45) is 0.893. The first-order chi connectivity index (χ1) is 11.6. The molecule has 6 nitrogen and oxygen atoms in total. The zero-order chi connectivity index (χ0) is 17.8. The van der Waals surface area contributed by atoms with Gasteiger partial charge in [-0.25, -0.2) is 4.39 Å². The number of halogens is 1. The number of hydrogen-bond donors (Lipinski definition) is 3. The fraction of sp³-hybridized carbons (Fsp3) is 0.529. The van der Waals surface area contributed by atoms with Gasteiger partial charge < -0.3 is 20.7 Å². The molecule has 0 unspecified atom stereocenters. The van der Waals surface area contributed by atoms with Crippen molar-refractivity contribution in [3.05, 3.63) is 35.1 Å². The predicted molar refractivity (Wildman–Crippen MR) is 93.9 cm³/mol. The van der Waals surface area contributed by atoms with Crippen LogP contribution in [0.2, 0.25) is 0 Å². The van der Waals surface area contributed by atoms with Crippen LogP contribution in [0.5, 0.6) is 0 Å². The van der Waals surface area contributed by atoms with E-state index in [0.29, 0.717) is 36.8 Å². The Kier molecular flexibility index (Phi) is 9.45. The Morgan fingerprint density at radius 2 is 1.92 bits per heavy atom.